The molecule has 0 aromatic carbocycles. The van der Waals surface area contributed by atoms with Crippen molar-refractivity contribution in [3.05, 3.63) is 15.6 Å². The largest absolute Gasteiger partial charge is 0.311 e. The number of hydrogen-bond acceptors (Lipinski definition) is 4. The maximum Gasteiger partial charge on any atom is 0.107 e. The predicted octanol–water partition coefficient (Wildman–Crippen LogP) is 2.02. The van der Waals surface area contributed by atoms with E-state index in [1.54, 1.807) is 0 Å². The molecule has 0 aliphatic carbocycles. The Morgan fingerprint density at radius 3 is 3.00 bits per heavy atom. The third kappa shape index (κ3) is 2.69. The lowest BCUT2D eigenvalue weighted by atomic mass is 9.99. The first-order valence-corrected chi connectivity index (χ1v) is 7.53. The zero-order chi connectivity index (χ0) is 11.7. The molecule has 1 aromatic heterocycles. The van der Waals surface area contributed by atoms with Crippen molar-refractivity contribution in [1.82, 2.24) is 15.2 Å². The molecule has 0 atom stereocenters. The Bertz CT molecular complexity index is 357. The number of rotatable bonds is 2. The molecule has 1 fully saturated rings. The van der Waals surface area contributed by atoms with Crippen LogP contribution in [0.15, 0.2) is 0 Å². The van der Waals surface area contributed by atoms with Gasteiger partial charge >= 0.3 is 0 Å². The highest BCUT2D eigenvalue weighted by Gasteiger charge is 2.19. The molecule has 3 nitrogen and oxygen atoms in total. The van der Waals surface area contributed by atoms with Gasteiger partial charge in [-0.1, -0.05) is 6.92 Å². The molecule has 17 heavy (non-hydrogen) atoms. The fourth-order valence-electron chi connectivity index (χ4n) is 2.66. The van der Waals surface area contributed by atoms with Gasteiger partial charge in [0.2, 0.25) is 0 Å². The van der Waals surface area contributed by atoms with E-state index < -0.39 is 0 Å². The Hall–Kier alpha value is -0.450. The normalized spacial score (nSPS) is 22.6. The van der Waals surface area contributed by atoms with Crippen LogP contribution in [0, 0.1) is 5.92 Å². The first-order chi connectivity index (χ1) is 8.31. The van der Waals surface area contributed by atoms with Crippen molar-refractivity contribution >= 4 is 11.3 Å². The van der Waals surface area contributed by atoms with Gasteiger partial charge in [-0.15, -0.1) is 11.3 Å². The highest BCUT2D eigenvalue weighted by Crippen LogP contribution is 2.24. The molecule has 2 aliphatic rings. The molecule has 0 unspecified atom stereocenters. The highest BCUT2D eigenvalue weighted by molar-refractivity contribution is 7.11. The average molecular weight is 251 g/mol. The second-order valence-corrected chi connectivity index (χ2v) is 6.53. The van der Waals surface area contributed by atoms with Crippen LogP contribution in [0.4, 0.5) is 0 Å². The number of fused-ring (bicyclic) bond motifs is 1. The van der Waals surface area contributed by atoms with E-state index in [1.165, 1.54) is 41.5 Å². The zero-order valence-electron chi connectivity index (χ0n) is 10.5. The smallest absolute Gasteiger partial charge is 0.107 e. The number of likely N-dealkylation sites (tertiary alicyclic amines) is 1. The van der Waals surface area contributed by atoms with E-state index in [-0.39, 0.29) is 0 Å². The van der Waals surface area contributed by atoms with Crippen LogP contribution in [0.3, 0.4) is 0 Å². The van der Waals surface area contributed by atoms with E-state index >= 15 is 0 Å². The van der Waals surface area contributed by atoms with Crippen molar-refractivity contribution in [2.45, 2.75) is 39.3 Å². The fraction of sp³-hybridized carbons (Fsp3) is 0.769. The molecule has 3 heterocycles. The lowest BCUT2D eigenvalue weighted by Gasteiger charge is -2.29. The third-order valence-electron chi connectivity index (χ3n) is 3.88. The van der Waals surface area contributed by atoms with E-state index in [0.29, 0.717) is 0 Å². The van der Waals surface area contributed by atoms with Crippen LogP contribution >= 0.6 is 11.3 Å². The molecule has 1 aromatic rings. The van der Waals surface area contributed by atoms with E-state index in [2.05, 4.69) is 17.1 Å². The van der Waals surface area contributed by atoms with E-state index in [1.807, 2.05) is 11.3 Å². The summed E-state index contributed by atoms with van der Waals surface area (Å²) in [5, 5.41) is 4.75. The Labute approximate surface area is 107 Å². The number of aromatic nitrogens is 1. The van der Waals surface area contributed by atoms with Gasteiger partial charge < -0.3 is 5.32 Å². The van der Waals surface area contributed by atoms with Crippen LogP contribution in [0.1, 0.15) is 35.3 Å². The van der Waals surface area contributed by atoms with Gasteiger partial charge in [-0.25, -0.2) is 4.98 Å². The Morgan fingerprint density at radius 1 is 1.41 bits per heavy atom. The number of piperidine rings is 1. The maximum absolute atomic E-state index is 4.80. The highest BCUT2D eigenvalue weighted by atomic mass is 32.1. The Kier molecular flexibility index (Phi) is 3.45. The van der Waals surface area contributed by atoms with Gasteiger partial charge in [0.05, 0.1) is 12.2 Å². The van der Waals surface area contributed by atoms with Gasteiger partial charge in [0.25, 0.3) is 0 Å². The van der Waals surface area contributed by atoms with Crippen LogP contribution in [0.25, 0.3) is 0 Å². The number of nitrogens with zero attached hydrogens (tertiary/aromatic N) is 2. The van der Waals surface area contributed by atoms with E-state index in [9.17, 15) is 0 Å². The summed E-state index contributed by atoms with van der Waals surface area (Å²) in [5.74, 6) is 0.917. The van der Waals surface area contributed by atoms with E-state index in [4.69, 9.17) is 4.98 Å². The molecule has 0 radical (unpaired) electrons. The molecule has 1 N–H and O–H groups in total. The predicted molar refractivity (Wildman–Crippen MR) is 71.2 cm³/mol. The minimum atomic E-state index is 0.917. The molecule has 94 valence electrons. The number of hydrogen-bond donors (Lipinski definition) is 1. The lowest BCUT2D eigenvalue weighted by molar-refractivity contribution is 0.185. The van der Waals surface area contributed by atoms with Crippen LogP contribution in [-0.4, -0.2) is 29.5 Å². The molecule has 0 amide bonds. The number of nitrogens with one attached hydrogen (secondary N) is 1. The molecule has 3 rings (SSSR count). The van der Waals surface area contributed by atoms with Crippen molar-refractivity contribution in [1.29, 1.82) is 0 Å². The second-order valence-electron chi connectivity index (χ2n) is 5.36. The molecular formula is C13H21N3S. The minimum Gasteiger partial charge on any atom is -0.311 e. The van der Waals surface area contributed by atoms with Crippen molar-refractivity contribution < 1.29 is 0 Å². The summed E-state index contributed by atoms with van der Waals surface area (Å²) in [6.45, 7) is 8.07. The van der Waals surface area contributed by atoms with Gasteiger partial charge in [-0.3, -0.25) is 4.90 Å². The summed E-state index contributed by atoms with van der Waals surface area (Å²) < 4.78 is 0. The molecule has 2 aliphatic heterocycles. The van der Waals surface area contributed by atoms with Gasteiger partial charge in [-0.05, 0) is 31.8 Å². The molecular weight excluding hydrogens is 230 g/mol. The van der Waals surface area contributed by atoms with Gasteiger partial charge in [-0.2, -0.15) is 0 Å². The van der Waals surface area contributed by atoms with Crippen LogP contribution in [0.5, 0.6) is 0 Å². The van der Waals surface area contributed by atoms with Gasteiger partial charge in [0, 0.05) is 24.4 Å². The van der Waals surface area contributed by atoms with Crippen LogP contribution < -0.4 is 5.32 Å². The molecule has 0 saturated carbocycles. The topological polar surface area (TPSA) is 28.2 Å². The van der Waals surface area contributed by atoms with Crippen molar-refractivity contribution in [2.24, 2.45) is 5.92 Å². The SMILES string of the molecule is CC1CCN(Cc2nc3c(s2)CNCC3)CC1. The zero-order valence-corrected chi connectivity index (χ0v) is 11.4. The monoisotopic (exact) mass is 251 g/mol. The second kappa shape index (κ2) is 5.04. The first-order valence-electron chi connectivity index (χ1n) is 6.72. The van der Waals surface area contributed by atoms with Crippen molar-refractivity contribution in [2.75, 3.05) is 19.6 Å². The van der Waals surface area contributed by atoms with Crippen molar-refractivity contribution in [3.63, 3.8) is 0 Å². The summed E-state index contributed by atoms with van der Waals surface area (Å²) in [4.78, 5) is 8.84. The lowest BCUT2D eigenvalue weighted by Crippen LogP contribution is -2.32. The summed E-state index contributed by atoms with van der Waals surface area (Å²) >= 11 is 1.91. The summed E-state index contributed by atoms with van der Waals surface area (Å²) in [6.07, 6.45) is 3.82. The standard InChI is InChI=1S/C13H21N3S/c1-10-3-6-16(7-4-10)9-13-15-11-2-5-14-8-12(11)17-13/h10,14H,2-9H2,1H3. The summed E-state index contributed by atoms with van der Waals surface area (Å²) in [6, 6.07) is 0. The number of thiazole rings is 1. The maximum atomic E-state index is 4.80. The molecule has 1 saturated heterocycles. The first kappa shape index (κ1) is 11.6. The van der Waals surface area contributed by atoms with Crippen LogP contribution in [0.2, 0.25) is 0 Å². The quantitative estimate of drug-likeness (QED) is 0.871. The average Bonchev–Trinajstić information content (AvgIpc) is 2.74. The molecule has 4 heteroatoms. The van der Waals surface area contributed by atoms with Gasteiger partial charge in [0.15, 0.2) is 0 Å². The minimum absolute atomic E-state index is 0.917. The molecule has 0 spiro atoms. The van der Waals surface area contributed by atoms with Crippen molar-refractivity contribution in [3.8, 4) is 0 Å². The van der Waals surface area contributed by atoms with Crippen LogP contribution in [-0.2, 0) is 19.5 Å². The summed E-state index contributed by atoms with van der Waals surface area (Å²) in [7, 11) is 0. The fourth-order valence-corrected chi connectivity index (χ4v) is 3.79. The Balaban J connectivity index is 1.63. The third-order valence-corrected chi connectivity index (χ3v) is 4.96. The summed E-state index contributed by atoms with van der Waals surface area (Å²) in [5.41, 5.74) is 1.36. The van der Waals surface area contributed by atoms with E-state index in [0.717, 1.165) is 32.0 Å². The van der Waals surface area contributed by atoms with Gasteiger partial charge in [0.1, 0.15) is 5.01 Å². The molecule has 0 bridgehead atoms. The Morgan fingerprint density at radius 2 is 2.24 bits per heavy atom.